The molecule has 0 spiro atoms. The Labute approximate surface area is 113 Å². The highest BCUT2D eigenvalue weighted by Gasteiger charge is 2.17. The van der Waals surface area contributed by atoms with Crippen LogP contribution in [0.2, 0.25) is 0 Å². The van der Waals surface area contributed by atoms with E-state index in [0.717, 1.165) is 0 Å². The van der Waals surface area contributed by atoms with Crippen molar-refractivity contribution in [3.8, 4) is 6.07 Å². The Morgan fingerprint density at radius 2 is 1.95 bits per heavy atom. The molecule has 0 unspecified atom stereocenters. The average molecular weight is 275 g/mol. The molecular weight excluding hydrogens is 268 g/mol. The van der Waals surface area contributed by atoms with Gasteiger partial charge >= 0.3 is 5.88 Å². The normalized spacial score (nSPS) is 11.6. The van der Waals surface area contributed by atoms with Crippen LogP contribution in [0.4, 0.5) is 5.88 Å². The lowest BCUT2D eigenvalue weighted by atomic mass is 10.1. The summed E-state index contributed by atoms with van der Waals surface area (Å²) in [6.07, 6.45) is 0. The zero-order chi connectivity index (χ0) is 13.8. The molecule has 0 aliphatic heterocycles. The number of halogens is 1. The molecule has 0 saturated carbocycles. The monoisotopic (exact) mass is 274 g/mol. The maximum absolute atomic E-state index is 10.5. The van der Waals surface area contributed by atoms with Gasteiger partial charge in [0.15, 0.2) is 5.76 Å². The summed E-state index contributed by atoms with van der Waals surface area (Å²) in [7, 11) is 0. The van der Waals surface area contributed by atoms with Gasteiger partial charge in [0.05, 0.1) is 11.6 Å². The zero-order valence-corrected chi connectivity index (χ0v) is 10.3. The average Bonchev–Trinajstić information content (AvgIpc) is 2.90. The number of benzene rings is 1. The number of nitrogens with zero attached hydrogens (tertiary/aromatic N) is 2. The Balaban J connectivity index is 2.49. The molecule has 0 radical (unpaired) electrons. The summed E-state index contributed by atoms with van der Waals surface area (Å²) in [5, 5.41) is 19.7. The van der Waals surface area contributed by atoms with Crippen LogP contribution in [0.1, 0.15) is 11.3 Å². The summed E-state index contributed by atoms with van der Waals surface area (Å²) >= 11 is 6.07. The first-order valence-electron chi connectivity index (χ1n) is 5.23. The van der Waals surface area contributed by atoms with Crippen molar-refractivity contribution in [1.82, 2.24) is 0 Å². The molecule has 19 heavy (non-hydrogen) atoms. The van der Waals surface area contributed by atoms with Crippen molar-refractivity contribution in [2.75, 3.05) is 0 Å². The first-order chi connectivity index (χ1) is 9.13. The number of nitro groups is 1. The second-order valence-corrected chi connectivity index (χ2v) is 3.94. The van der Waals surface area contributed by atoms with Crippen LogP contribution in [-0.2, 0) is 0 Å². The standard InChI is InChI=1S/C13H7ClN2O3/c14-13(11-6-7-12(19-11)16(17)18)10(8-15)9-4-2-1-3-5-9/h1-7H. The molecule has 0 saturated heterocycles. The van der Waals surface area contributed by atoms with Crippen molar-refractivity contribution in [2.24, 2.45) is 0 Å². The third-order valence-corrected chi connectivity index (χ3v) is 2.76. The van der Waals surface area contributed by atoms with Crippen LogP contribution in [0.5, 0.6) is 0 Å². The molecule has 0 aliphatic rings. The zero-order valence-electron chi connectivity index (χ0n) is 9.54. The highest BCUT2D eigenvalue weighted by Crippen LogP contribution is 2.31. The van der Waals surface area contributed by atoms with Gasteiger partial charge in [-0.25, -0.2) is 0 Å². The second-order valence-electron chi connectivity index (χ2n) is 3.56. The van der Waals surface area contributed by atoms with Gasteiger partial charge in [0, 0.05) is 0 Å². The van der Waals surface area contributed by atoms with Gasteiger partial charge in [-0.05, 0) is 11.6 Å². The van der Waals surface area contributed by atoms with E-state index >= 15 is 0 Å². The van der Waals surface area contributed by atoms with Crippen LogP contribution in [0, 0.1) is 21.4 Å². The fourth-order valence-electron chi connectivity index (χ4n) is 1.51. The van der Waals surface area contributed by atoms with E-state index in [2.05, 4.69) is 0 Å². The number of hydrogen-bond acceptors (Lipinski definition) is 4. The molecule has 6 heteroatoms. The quantitative estimate of drug-likeness (QED) is 0.484. The molecule has 5 nitrogen and oxygen atoms in total. The van der Waals surface area contributed by atoms with Crippen LogP contribution in [0.15, 0.2) is 46.9 Å². The molecule has 2 rings (SSSR count). The van der Waals surface area contributed by atoms with E-state index in [4.69, 9.17) is 21.3 Å². The Morgan fingerprint density at radius 3 is 2.47 bits per heavy atom. The molecule has 1 heterocycles. The maximum Gasteiger partial charge on any atom is 0.433 e. The molecule has 0 atom stereocenters. The molecule has 0 aliphatic carbocycles. The second kappa shape index (κ2) is 5.38. The van der Waals surface area contributed by atoms with Crippen LogP contribution in [0.25, 0.3) is 10.6 Å². The van der Waals surface area contributed by atoms with Crippen molar-refractivity contribution in [1.29, 1.82) is 5.26 Å². The van der Waals surface area contributed by atoms with Crippen molar-refractivity contribution in [3.63, 3.8) is 0 Å². The summed E-state index contributed by atoms with van der Waals surface area (Å²) in [6, 6.07) is 13.3. The molecule has 2 aromatic rings. The summed E-state index contributed by atoms with van der Waals surface area (Å²) < 4.78 is 4.97. The van der Waals surface area contributed by atoms with E-state index in [0.29, 0.717) is 5.56 Å². The lowest BCUT2D eigenvalue weighted by Gasteiger charge is -2.00. The minimum atomic E-state index is -0.664. The van der Waals surface area contributed by atoms with Gasteiger partial charge in [0.25, 0.3) is 0 Å². The predicted molar refractivity (Wildman–Crippen MR) is 70.1 cm³/mol. The Morgan fingerprint density at radius 1 is 1.26 bits per heavy atom. The molecule has 94 valence electrons. The minimum absolute atomic E-state index is 0.0433. The Kier molecular flexibility index (Phi) is 3.64. The summed E-state index contributed by atoms with van der Waals surface area (Å²) in [5.74, 6) is -0.327. The van der Waals surface area contributed by atoms with Crippen LogP contribution in [-0.4, -0.2) is 4.92 Å². The molecule has 0 N–H and O–H groups in total. The van der Waals surface area contributed by atoms with Gasteiger partial charge in [-0.15, -0.1) is 0 Å². The molecule has 1 aromatic carbocycles. The fourth-order valence-corrected chi connectivity index (χ4v) is 1.77. The van der Waals surface area contributed by atoms with E-state index in [9.17, 15) is 10.1 Å². The predicted octanol–water partition coefficient (Wildman–Crippen LogP) is 3.82. The number of allylic oxidation sites excluding steroid dienone is 1. The van der Waals surface area contributed by atoms with Crippen LogP contribution in [0.3, 0.4) is 0 Å². The fraction of sp³-hybridized carbons (Fsp3) is 0. The molecule has 1 aromatic heterocycles. The summed E-state index contributed by atoms with van der Waals surface area (Å²) in [4.78, 5) is 9.87. The van der Waals surface area contributed by atoms with Crippen LogP contribution < -0.4 is 0 Å². The molecule has 0 amide bonds. The third-order valence-electron chi connectivity index (χ3n) is 2.38. The van der Waals surface area contributed by atoms with Gasteiger partial charge in [0.1, 0.15) is 16.0 Å². The van der Waals surface area contributed by atoms with E-state index in [1.165, 1.54) is 12.1 Å². The molecule has 0 fully saturated rings. The van der Waals surface area contributed by atoms with E-state index in [1.54, 1.807) is 24.3 Å². The summed E-state index contributed by atoms with van der Waals surface area (Å²) in [5.41, 5.74) is 0.820. The SMILES string of the molecule is N#CC(=C(Cl)c1ccc([N+](=O)[O-])o1)c1ccccc1. The van der Waals surface area contributed by atoms with Gasteiger partial charge in [-0.1, -0.05) is 41.9 Å². The molecular formula is C13H7ClN2O3. The van der Waals surface area contributed by atoms with Gasteiger partial charge in [-0.3, -0.25) is 10.1 Å². The lowest BCUT2D eigenvalue weighted by Crippen LogP contribution is -1.85. The first-order valence-corrected chi connectivity index (χ1v) is 5.61. The van der Waals surface area contributed by atoms with E-state index < -0.39 is 10.8 Å². The van der Waals surface area contributed by atoms with Gasteiger partial charge < -0.3 is 4.42 Å². The first kappa shape index (κ1) is 12.9. The van der Waals surface area contributed by atoms with Crippen molar-refractivity contribution in [2.45, 2.75) is 0 Å². The number of rotatable bonds is 3. The highest BCUT2D eigenvalue weighted by molar-refractivity contribution is 6.53. The number of nitriles is 1. The van der Waals surface area contributed by atoms with Crippen molar-refractivity contribution in [3.05, 3.63) is 63.9 Å². The smallest absolute Gasteiger partial charge is 0.400 e. The van der Waals surface area contributed by atoms with E-state index in [-0.39, 0.29) is 16.4 Å². The lowest BCUT2D eigenvalue weighted by molar-refractivity contribution is -0.402. The topological polar surface area (TPSA) is 80.1 Å². The molecule has 0 bridgehead atoms. The number of hydrogen-bond donors (Lipinski definition) is 0. The van der Waals surface area contributed by atoms with E-state index in [1.807, 2.05) is 12.1 Å². The Bertz CT molecular complexity index is 683. The van der Waals surface area contributed by atoms with Crippen molar-refractivity contribution < 1.29 is 9.34 Å². The maximum atomic E-state index is 10.5. The number of furan rings is 1. The third kappa shape index (κ3) is 2.64. The van der Waals surface area contributed by atoms with Gasteiger partial charge in [0.2, 0.25) is 0 Å². The highest BCUT2D eigenvalue weighted by atomic mass is 35.5. The van der Waals surface area contributed by atoms with Crippen LogP contribution >= 0.6 is 11.6 Å². The largest absolute Gasteiger partial charge is 0.433 e. The van der Waals surface area contributed by atoms with Crippen molar-refractivity contribution >= 4 is 28.1 Å². The summed E-state index contributed by atoms with van der Waals surface area (Å²) in [6.45, 7) is 0. The minimum Gasteiger partial charge on any atom is -0.400 e. The van der Waals surface area contributed by atoms with Gasteiger partial charge in [-0.2, -0.15) is 5.26 Å². The Hall–Kier alpha value is -2.58.